The van der Waals surface area contributed by atoms with Gasteiger partial charge in [0, 0.05) is 11.3 Å². The van der Waals surface area contributed by atoms with Gasteiger partial charge in [0.1, 0.15) is 5.37 Å². The lowest BCUT2D eigenvalue weighted by Crippen LogP contribution is -2.36. The number of benzene rings is 2. The predicted octanol–water partition coefficient (Wildman–Crippen LogP) is 3.98. The van der Waals surface area contributed by atoms with E-state index >= 15 is 0 Å². The van der Waals surface area contributed by atoms with Gasteiger partial charge in [-0.25, -0.2) is 0 Å². The zero-order chi connectivity index (χ0) is 22.3. The number of H-pyrrole nitrogens is 2. The first kappa shape index (κ1) is 21.3. The van der Waals surface area contributed by atoms with Crippen molar-refractivity contribution >= 4 is 60.3 Å². The summed E-state index contributed by atoms with van der Waals surface area (Å²) in [6.07, 6.45) is 0. The van der Waals surface area contributed by atoms with E-state index in [1.54, 1.807) is 46.0 Å². The van der Waals surface area contributed by atoms with Gasteiger partial charge >= 0.3 is 0 Å². The summed E-state index contributed by atoms with van der Waals surface area (Å²) >= 11 is 15.0. The molecule has 2 heterocycles. The van der Waals surface area contributed by atoms with E-state index in [9.17, 15) is 9.59 Å². The summed E-state index contributed by atoms with van der Waals surface area (Å²) in [6.45, 7) is 3.67. The molecule has 1 aliphatic heterocycles. The standard InChI is InChI=1S/C20H20N6O2S3/c1-20(2)16(28)24-26(17(20)29)13-8-6-11(7-9-13)15(27)21-12-4-3-5-14(10-12)25-18(30)22-23-19(25)31/h3-10,17,29H,1-2H3,(H,21,27)(H,22,30)(H,23,31)(H,24,28). The summed E-state index contributed by atoms with van der Waals surface area (Å²) in [5.41, 5.74) is 4.75. The highest BCUT2D eigenvalue weighted by molar-refractivity contribution is 7.81. The summed E-state index contributed by atoms with van der Waals surface area (Å²) in [6, 6.07) is 14.2. The molecule has 160 valence electrons. The Hall–Kier alpha value is -2.89. The molecule has 0 saturated carbocycles. The van der Waals surface area contributed by atoms with E-state index in [4.69, 9.17) is 24.4 Å². The number of hydrogen-bond acceptors (Lipinski definition) is 6. The molecular weight excluding hydrogens is 452 g/mol. The van der Waals surface area contributed by atoms with Gasteiger partial charge in [0.15, 0.2) is 9.54 Å². The summed E-state index contributed by atoms with van der Waals surface area (Å²) in [7, 11) is 0. The Morgan fingerprint density at radius 3 is 2.29 bits per heavy atom. The summed E-state index contributed by atoms with van der Waals surface area (Å²) < 4.78 is 2.53. The molecule has 3 aromatic rings. The first-order valence-electron chi connectivity index (χ1n) is 9.38. The number of carbonyl (C=O) groups is 2. The van der Waals surface area contributed by atoms with Crippen molar-refractivity contribution in [1.29, 1.82) is 0 Å². The van der Waals surface area contributed by atoms with Gasteiger partial charge in [-0.1, -0.05) is 6.07 Å². The van der Waals surface area contributed by atoms with Crippen LogP contribution in [0, 0.1) is 15.0 Å². The summed E-state index contributed by atoms with van der Waals surface area (Å²) in [5, 5.41) is 9.82. The van der Waals surface area contributed by atoms with Crippen molar-refractivity contribution in [3.8, 4) is 5.69 Å². The third kappa shape index (κ3) is 3.91. The Morgan fingerprint density at radius 1 is 1.06 bits per heavy atom. The van der Waals surface area contributed by atoms with Gasteiger partial charge in [-0.05, 0) is 80.7 Å². The van der Waals surface area contributed by atoms with Crippen LogP contribution in [0.5, 0.6) is 0 Å². The average molecular weight is 473 g/mol. The Balaban J connectivity index is 1.51. The third-order valence-corrected chi connectivity index (χ3v) is 6.60. The van der Waals surface area contributed by atoms with Crippen LogP contribution >= 0.6 is 37.1 Å². The lowest BCUT2D eigenvalue weighted by atomic mass is 9.94. The molecule has 8 nitrogen and oxygen atoms in total. The monoisotopic (exact) mass is 472 g/mol. The highest BCUT2D eigenvalue weighted by atomic mass is 32.1. The number of hydrogen-bond donors (Lipinski definition) is 5. The molecule has 1 unspecified atom stereocenters. The van der Waals surface area contributed by atoms with Crippen molar-refractivity contribution < 1.29 is 9.59 Å². The number of nitrogens with one attached hydrogen (secondary N) is 4. The Kier molecular flexibility index (Phi) is 5.50. The molecule has 1 saturated heterocycles. The summed E-state index contributed by atoms with van der Waals surface area (Å²) in [4.78, 5) is 24.9. The van der Waals surface area contributed by atoms with Crippen molar-refractivity contribution in [3.63, 3.8) is 0 Å². The van der Waals surface area contributed by atoms with Crippen molar-refractivity contribution in [1.82, 2.24) is 20.2 Å². The van der Waals surface area contributed by atoms with Crippen LogP contribution in [-0.2, 0) is 4.79 Å². The van der Waals surface area contributed by atoms with E-state index in [2.05, 4.69) is 33.6 Å². The zero-order valence-corrected chi connectivity index (χ0v) is 19.2. The Morgan fingerprint density at radius 2 is 1.71 bits per heavy atom. The largest absolute Gasteiger partial charge is 0.322 e. The second kappa shape index (κ2) is 7.98. The van der Waals surface area contributed by atoms with E-state index in [0.717, 1.165) is 11.4 Å². The molecule has 1 aliphatic rings. The molecule has 4 rings (SSSR count). The van der Waals surface area contributed by atoms with Crippen LogP contribution in [0.15, 0.2) is 48.5 Å². The second-order valence-corrected chi connectivity index (χ2v) is 8.92. The number of anilines is 2. The van der Waals surface area contributed by atoms with Gasteiger partial charge in [-0.15, -0.1) is 0 Å². The topological polar surface area (TPSA) is 97.9 Å². The van der Waals surface area contributed by atoms with Crippen molar-refractivity contribution in [2.45, 2.75) is 19.2 Å². The predicted molar refractivity (Wildman–Crippen MR) is 128 cm³/mol. The third-order valence-electron chi connectivity index (χ3n) is 5.15. The minimum atomic E-state index is -0.630. The molecular formula is C20H20N6O2S3. The zero-order valence-electron chi connectivity index (χ0n) is 16.7. The van der Waals surface area contributed by atoms with Crippen LogP contribution in [0.1, 0.15) is 24.2 Å². The van der Waals surface area contributed by atoms with Crippen LogP contribution in [-0.4, -0.2) is 32.0 Å². The van der Waals surface area contributed by atoms with Crippen molar-refractivity contribution in [2.75, 3.05) is 10.3 Å². The maximum atomic E-state index is 12.7. The van der Waals surface area contributed by atoms with E-state index in [1.165, 1.54) is 0 Å². The molecule has 0 bridgehead atoms. The van der Waals surface area contributed by atoms with Gasteiger partial charge < -0.3 is 5.32 Å². The molecule has 11 heteroatoms. The number of hydrazine groups is 1. The van der Waals surface area contributed by atoms with Crippen LogP contribution in [0.3, 0.4) is 0 Å². The molecule has 2 aromatic carbocycles. The van der Waals surface area contributed by atoms with E-state index in [0.29, 0.717) is 20.8 Å². The number of aromatic amines is 2. The molecule has 31 heavy (non-hydrogen) atoms. The first-order chi connectivity index (χ1) is 14.7. The lowest BCUT2D eigenvalue weighted by Gasteiger charge is -2.26. The van der Waals surface area contributed by atoms with Gasteiger partial charge in [0.25, 0.3) is 5.91 Å². The van der Waals surface area contributed by atoms with E-state index < -0.39 is 5.41 Å². The SMILES string of the molecule is CC1(C)C(=O)NN(c2ccc(C(=O)Nc3cccc(-n4c(=S)[nH][nH]c4=S)c3)cc2)C1S. The summed E-state index contributed by atoms with van der Waals surface area (Å²) in [5.74, 6) is -0.365. The van der Waals surface area contributed by atoms with Crippen LogP contribution in [0.25, 0.3) is 5.69 Å². The van der Waals surface area contributed by atoms with E-state index in [-0.39, 0.29) is 17.2 Å². The molecule has 0 radical (unpaired) electrons. The fraction of sp³-hybridized carbons (Fsp3) is 0.200. The number of thiol groups is 1. The number of rotatable bonds is 4. The van der Waals surface area contributed by atoms with Crippen LogP contribution < -0.4 is 15.8 Å². The normalized spacial score (nSPS) is 17.5. The molecule has 1 aromatic heterocycles. The maximum Gasteiger partial charge on any atom is 0.255 e. The Bertz CT molecular complexity index is 1250. The van der Waals surface area contributed by atoms with E-state index in [1.807, 2.05) is 26.0 Å². The van der Waals surface area contributed by atoms with Crippen molar-refractivity contribution in [2.24, 2.45) is 5.41 Å². The van der Waals surface area contributed by atoms with Crippen molar-refractivity contribution in [3.05, 3.63) is 63.6 Å². The highest BCUT2D eigenvalue weighted by Gasteiger charge is 2.46. The van der Waals surface area contributed by atoms with Gasteiger partial charge in [0.05, 0.1) is 16.8 Å². The molecule has 1 atom stereocenters. The van der Waals surface area contributed by atoms with Crippen LogP contribution in [0.2, 0.25) is 0 Å². The minimum Gasteiger partial charge on any atom is -0.322 e. The minimum absolute atomic E-state index is 0.100. The fourth-order valence-electron chi connectivity index (χ4n) is 3.21. The quantitative estimate of drug-likeness (QED) is 0.292. The van der Waals surface area contributed by atoms with Gasteiger partial charge in [-0.2, -0.15) is 12.6 Å². The van der Waals surface area contributed by atoms with Crippen LogP contribution in [0.4, 0.5) is 11.4 Å². The van der Waals surface area contributed by atoms with Gasteiger partial charge in [0.2, 0.25) is 5.91 Å². The molecule has 0 aliphatic carbocycles. The number of carbonyl (C=O) groups excluding carboxylic acids is 2. The smallest absolute Gasteiger partial charge is 0.255 e. The Labute approximate surface area is 194 Å². The average Bonchev–Trinajstić information content (AvgIpc) is 3.18. The molecule has 2 amide bonds. The second-order valence-electron chi connectivity index (χ2n) is 7.65. The first-order valence-corrected chi connectivity index (χ1v) is 10.7. The molecule has 1 fully saturated rings. The number of aromatic nitrogens is 3. The molecule has 4 N–H and O–H groups in total. The number of amides is 2. The maximum absolute atomic E-state index is 12.7. The van der Waals surface area contributed by atoms with Gasteiger partial charge in [-0.3, -0.25) is 34.8 Å². The highest BCUT2D eigenvalue weighted by Crippen LogP contribution is 2.35. The fourth-order valence-corrected chi connectivity index (χ4v) is 4.07. The number of nitrogens with zero attached hydrogens (tertiary/aromatic N) is 2. The lowest BCUT2D eigenvalue weighted by molar-refractivity contribution is -0.125. The molecule has 0 spiro atoms.